The van der Waals surface area contributed by atoms with E-state index in [-0.39, 0.29) is 30.1 Å². The molecule has 186 valence electrons. The largest absolute Gasteiger partial charge is 0.493 e. The molecule has 0 unspecified atom stereocenters. The molecule has 1 fully saturated rings. The predicted molar refractivity (Wildman–Crippen MR) is 141 cm³/mol. The first-order chi connectivity index (χ1) is 15.2. The molecular weight excluding hydrogens is 535 g/mol. The summed E-state index contributed by atoms with van der Waals surface area (Å²) in [4.78, 5) is 20.9. The van der Waals surface area contributed by atoms with Gasteiger partial charge in [-0.15, -0.1) is 24.0 Å². The Bertz CT molecular complexity index is 832. The van der Waals surface area contributed by atoms with E-state index >= 15 is 0 Å². The van der Waals surface area contributed by atoms with Gasteiger partial charge < -0.3 is 29.3 Å². The van der Waals surface area contributed by atoms with Gasteiger partial charge in [0.25, 0.3) is 0 Å². The number of carbonyl (C=O) groups excluding carboxylic acids is 1. The van der Waals surface area contributed by atoms with Crippen LogP contribution in [0.25, 0.3) is 0 Å². The number of fused-ring (bicyclic) bond motifs is 1. The number of benzene rings is 1. The van der Waals surface area contributed by atoms with Crippen molar-refractivity contribution in [1.29, 1.82) is 0 Å². The fourth-order valence-electron chi connectivity index (χ4n) is 4.28. The number of ether oxygens (including phenoxy) is 3. The fraction of sp³-hybridized carbons (Fsp3) is 0.667. The van der Waals surface area contributed by atoms with Gasteiger partial charge in [0.05, 0.1) is 14.2 Å². The Balaban J connectivity index is 0.00000385. The van der Waals surface area contributed by atoms with Crippen molar-refractivity contribution in [3.63, 3.8) is 0 Å². The van der Waals surface area contributed by atoms with Crippen LogP contribution in [-0.4, -0.2) is 74.9 Å². The number of hydrogen-bond acceptors (Lipinski definition) is 5. The van der Waals surface area contributed by atoms with Gasteiger partial charge in [-0.05, 0) is 69.2 Å². The minimum Gasteiger partial charge on any atom is -0.493 e. The summed E-state index contributed by atoms with van der Waals surface area (Å²) in [5, 5.41) is 3.56. The van der Waals surface area contributed by atoms with Crippen molar-refractivity contribution in [2.75, 3.05) is 47.4 Å². The first-order valence-corrected chi connectivity index (χ1v) is 11.4. The molecule has 0 aliphatic carbocycles. The van der Waals surface area contributed by atoms with E-state index in [1.807, 2.05) is 32.7 Å². The quantitative estimate of drug-likeness (QED) is 0.334. The molecule has 2 aliphatic heterocycles. The highest BCUT2D eigenvalue weighted by atomic mass is 127. The summed E-state index contributed by atoms with van der Waals surface area (Å²) in [6.07, 6.45) is 2.65. The van der Waals surface area contributed by atoms with Crippen LogP contribution in [0.15, 0.2) is 17.1 Å². The fourth-order valence-corrected chi connectivity index (χ4v) is 4.28. The van der Waals surface area contributed by atoms with Crippen LogP contribution >= 0.6 is 24.0 Å². The summed E-state index contributed by atoms with van der Waals surface area (Å²) in [6, 6.07) is 4.15. The van der Waals surface area contributed by atoms with Gasteiger partial charge in [0.15, 0.2) is 17.5 Å². The summed E-state index contributed by atoms with van der Waals surface area (Å²) in [5.74, 6) is 2.96. The van der Waals surface area contributed by atoms with Crippen molar-refractivity contribution in [2.24, 2.45) is 10.9 Å². The number of likely N-dealkylation sites (tertiary alicyclic amines) is 1. The van der Waals surface area contributed by atoms with Crippen LogP contribution in [0.5, 0.6) is 11.5 Å². The highest BCUT2D eigenvalue weighted by Crippen LogP contribution is 2.33. The molecule has 9 heteroatoms. The lowest BCUT2D eigenvalue weighted by molar-refractivity contribution is 0.0185. The second kappa shape index (κ2) is 12.0. The van der Waals surface area contributed by atoms with Gasteiger partial charge >= 0.3 is 6.09 Å². The molecule has 1 aromatic rings. The summed E-state index contributed by atoms with van der Waals surface area (Å²) < 4.78 is 16.4. The Hall–Kier alpha value is -1.91. The van der Waals surface area contributed by atoms with Crippen LogP contribution < -0.4 is 14.8 Å². The zero-order valence-corrected chi connectivity index (χ0v) is 23.1. The number of aliphatic imine (C=N–C) groups is 1. The maximum Gasteiger partial charge on any atom is 0.410 e. The van der Waals surface area contributed by atoms with Crippen LogP contribution in [0.3, 0.4) is 0 Å². The number of halogens is 1. The number of rotatable bonds is 4. The van der Waals surface area contributed by atoms with Crippen LogP contribution in [-0.2, 0) is 17.7 Å². The average Bonchev–Trinajstić information content (AvgIpc) is 2.77. The highest BCUT2D eigenvalue weighted by molar-refractivity contribution is 14.0. The van der Waals surface area contributed by atoms with Gasteiger partial charge in [-0.2, -0.15) is 0 Å². The van der Waals surface area contributed by atoms with E-state index in [1.165, 1.54) is 11.1 Å². The Labute approximate surface area is 215 Å². The smallest absolute Gasteiger partial charge is 0.410 e. The predicted octanol–water partition coefficient (Wildman–Crippen LogP) is 3.90. The van der Waals surface area contributed by atoms with Crippen LogP contribution in [0.4, 0.5) is 4.79 Å². The standard InChI is InChI=1S/C24H38N4O4.HI/c1-24(2,3)32-23(29)27-10-7-17(8-11-27)15-26-22(25-4)28-12-9-18-13-20(30-5)21(31-6)14-19(18)16-28;/h13-14,17H,7-12,15-16H2,1-6H3,(H,25,26);1H. The van der Waals surface area contributed by atoms with E-state index in [0.29, 0.717) is 5.92 Å². The molecule has 0 atom stereocenters. The first-order valence-electron chi connectivity index (χ1n) is 11.4. The lowest BCUT2D eigenvalue weighted by atomic mass is 9.97. The minimum absolute atomic E-state index is 0. The zero-order chi connectivity index (χ0) is 23.3. The van der Waals surface area contributed by atoms with Crippen LogP contribution in [0, 0.1) is 5.92 Å². The van der Waals surface area contributed by atoms with Crippen molar-refractivity contribution >= 4 is 36.0 Å². The van der Waals surface area contributed by atoms with Crippen molar-refractivity contribution in [1.82, 2.24) is 15.1 Å². The van der Waals surface area contributed by atoms with E-state index in [1.54, 1.807) is 14.2 Å². The highest BCUT2D eigenvalue weighted by Gasteiger charge is 2.27. The molecule has 1 aromatic carbocycles. The third kappa shape index (κ3) is 7.28. The van der Waals surface area contributed by atoms with Crippen molar-refractivity contribution in [3.8, 4) is 11.5 Å². The monoisotopic (exact) mass is 574 g/mol. The Morgan fingerprint density at radius 3 is 2.21 bits per heavy atom. The van der Waals surface area contributed by atoms with E-state index < -0.39 is 5.60 Å². The summed E-state index contributed by atoms with van der Waals surface area (Å²) >= 11 is 0. The molecule has 8 nitrogen and oxygen atoms in total. The molecule has 33 heavy (non-hydrogen) atoms. The van der Waals surface area contributed by atoms with Crippen molar-refractivity contribution in [2.45, 2.75) is 52.2 Å². The molecule has 0 spiro atoms. The molecule has 0 aromatic heterocycles. The second-order valence-corrected chi connectivity index (χ2v) is 9.49. The van der Waals surface area contributed by atoms with Gasteiger partial charge in [-0.3, -0.25) is 4.99 Å². The van der Waals surface area contributed by atoms with Gasteiger partial charge in [0.2, 0.25) is 0 Å². The lowest BCUT2D eigenvalue weighted by Gasteiger charge is -2.35. The third-order valence-corrected chi connectivity index (χ3v) is 6.04. The minimum atomic E-state index is -0.454. The third-order valence-electron chi connectivity index (χ3n) is 6.04. The number of hydrogen-bond donors (Lipinski definition) is 1. The maximum atomic E-state index is 12.3. The van der Waals surface area contributed by atoms with Crippen molar-refractivity contribution < 1.29 is 19.0 Å². The Morgan fingerprint density at radius 1 is 1.06 bits per heavy atom. The number of carbonyl (C=O) groups is 1. The normalized spacial score (nSPS) is 17.1. The molecule has 0 radical (unpaired) electrons. The topological polar surface area (TPSA) is 75.6 Å². The summed E-state index contributed by atoms with van der Waals surface area (Å²) in [5.41, 5.74) is 2.08. The number of piperidine rings is 1. The SMILES string of the molecule is CN=C(NCC1CCN(C(=O)OC(C)(C)C)CC1)N1CCc2cc(OC)c(OC)cc2C1.I. The van der Waals surface area contributed by atoms with E-state index in [0.717, 1.165) is 69.4 Å². The number of methoxy groups -OCH3 is 2. The van der Waals surface area contributed by atoms with E-state index in [4.69, 9.17) is 14.2 Å². The summed E-state index contributed by atoms with van der Waals surface area (Å²) in [6.45, 7) is 9.71. The average molecular weight is 575 g/mol. The Morgan fingerprint density at radius 2 is 1.67 bits per heavy atom. The molecule has 0 saturated carbocycles. The van der Waals surface area contributed by atoms with Gasteiger partial charge in [0.1, 0.15) is 5.60 Å². The number of guanidine groups is 1. The van der Waals surface area contributed by atoms with Gasteiger partial charge in [0, 0.05) is 39.8 Å². The van der Waals surface area contributed by atoms with Crippen LogP contribution in [0.1, 0.15) is 44.7 Å². The number of nitrogens with zero attached hydrogens (tertiary/aromatic N) is 3. The summed E-state index contributed by atoms with van der Waals surface area (Å²) in [7, 11) is 5.17. The maximum absolute atomic E-state index is 12.3. The Kier molecular flexibility index (Phi) is 9.93. The second-order valence-electron chi connectivity index (χ2n) is 9.49. The first kappa shape index (κ1) is 27.3. The lowest BCUT2D eigenvalue weighted by Crippen LogP contribution is -2.47. The molecule has 1 amide bonds. The molecule has 0 bridgehead atoms. The molecular formula is C24H39IN4O4. The molecule has 1 saturated heterocycles. The molecule has 2 heterocycles. The molecule has 3 rings (SSSR count). The zero-order valence-electron chi connectivity index (χ0n) is 20.8. The van der Waals surface area contributed by atoms with E-state index in [9.17, 15) is 4.79 Å². The molecule has 1 N–H and O–H groups in total. The van der Waals surface area contributed by atoms with Gasteiger partial charge in [-0.1, -0.05) is 0 Å². The number of nitrogens with one attached hydrogen (secondary N) is 1. The number of amides is 1. The van der Waals surface area contributed by atoms with Crippen LogP contribution in [0.2, 0.25) is 0 Å². The van der Waals surface area contributed by atoms with E-state index in [2.05, 4.69) is 27.3 Å². The molecule has 2 aliphatic rings. The van der Waals surface area contributed by atoms with Crippen molar-refractivity contribution in [3.05, 3.63) is 23.3 Å². The van der Waals surface area contributed by atoms with Gasteiger partial charge in [-0.25, -0.2) is 4.79 Å².